The maximum Gasteiger partial charge on any atom is 0.238 e. The first kappa shape index (κ1) is 14.0. The molecule has 2 aromatic rings. The molecule has 3 rings (SSSR count). The van der Waals surface area contributed by atoms with E-state index in [2.05, 4.69) is 21.6 Å². The number of aryl methyl sites for hydroxylation is 1. The monoisotopic (exact) mass is 303 g/mol. The van der Waals surface area contributed by atoms with Gasteiger partial charge in [0, 0.05) is 11.3 Å². The Hall–Kier alpha value is -1.95. The number of nitrogens with zero attached hydrogens (tertiary/aromatic N) is 1. The number of thioether (sulfide) groups is 1. The van der Waals surface area contributed by atoms with Gasteiger partial charge in [-0.1, -0.05) is 12.1 Å². The maximum absolute atomic E-state index is 12.1. The molecule has 0 bridgehead atoms. The van der Waals surface area contributed by atoms with Crippen LogP contribution in [0.5, 0.6) is 5.75 Å². The van der Waals surface area contributed by atoms with Gasteiger partial charge in [0.2, 0.25) is 5.91 Å². The zero-order valence-corrected chi connectivity index (χ0v) is 13.0. The first-order valence-corrected chi connectivity index (χ1v) is 7.69. The van der Waals surface area contributed by atoms with Crippen LogP contribution in [-0.2, 0) is 4.79 Å². The van der Waals surface area contributed by atoms with Crippen LogP contribution in [-0.4, -0.2) is 28.5 Å². The molecule has 0 unspecified atom stereocenters. The molecule has 0 fully saturated rings. The van der Waals surface area contributed by atoms with Gasteiger partial charge in [0.1, 0.15) is 5.75 Å². The van der Waals surface area contributed by atoms with Crippen LogP contribution in [0.15, 0.2) is 24.3 Å². The molecular weight excluding hydrogens is 286 g/mol. The second-order valence-electron chi connectivity index (χ2n) is 5.04. The highest BCUT2D eigenvalue weighted by Gasteiger charge is 2.32. The molecule has 0 saturated carbocycles. The lowest BCUT2D eigenvalue weighted by Gasteiger charge is -2.18. The molecule has 1 aromatic heterocycles. The number of benzene rings is 1. The summed E-state index contributed by atoms with van der Waals surface area (Å²) in [5, 5.41) is 9.97. The molecule has 1 amide bonds. The molecule has 5 nitrogen and oxygen atoms in total. The normalized spacial score (nSPS) is 21.4. The van der Waals surface area contributed by atoms with Crippen LogP contribution >= 0.6 is 11.8 Å². The number of anilines is 1. The lowest BCUT2D eigenvalue weighted by molar-refractivity contribution is -0.115. The minimum Gasteiger partial charge on any atom is -0.497 e. The molecule has 2 atom stereocenters. The number of hydrogen-bond donors (Lipinski definition) is 2. The summed E-state index contributed by atoms with van der Waals surface area (Å²) in [4.78, 5) is 12.1. The number of aromatic amines is 1. The molecule has 1 aliphatic heterocycles. The topological polar surface area (TPSA) is 67.0 Å². The molecular formula is C15H17N3O2S. The molecule has 21 heavy (non-hydrogen) atoms. The molecule has 0 radical (unpaired) electrons. The van der Waals surface area contributed by atoms with E-state index in [1.807, 2.05) is 32.0 Å². The van der Waals surface area contributed by atoms with Crippen molar-refractivity contribution >= 4 is 23.5 Å². The number of carbonyl (C=O) groups is 1. The lowest BCUT2D eigenvalue weighted by atomic mass is 10.0. The Morgan fingerprint density at radius 3 is 2.95 bits per heavy atom. The van der Waals surface area contributed by atoms with Crippen LogP contribution in [0.25, 0.3) is 0 Å². The number of methoxy groups -OCH3 is 1. The Kier molecular flexibility index (Phi) is 3.63. The zero-order valence-electron chi connectivity index (χ0n) is 12.1. The van der Waals surface area contributed by atoms with Crippen LogP contribution in [0.1, 0.15) is 29.0 Å². The van der Waals surface area contributed by atoms with Crippen molar-refractivity contribution in [3.63, 3.8) is 0 Å². The second kappa shape index (κ2) is 5.44. The highest BCUT2D eigenvalue weighted by Crippen LogP contribution is 2.45. The van der Waals surface area contributed by atoms with Crippen molar-refractivity contribution in [2.45, 2.75) is 24.3 Å². The Morgan fingerprint density at radius 1 is 1.38 bits per heavy atom. The van der Waals surface area contributed by atoms with E-state index in [0.29, 0.717) is 5.82 Å². The number of ether oxygens (including phenoxy) is 1. The van der Waals surface area contributed by atoms with E-state index in [-0.39, 0.29) is 16.4 Å². The summed E-state index contributed by atoms with van der Waals surface area (Å²) >= 11 is 1.62. The highest BCUT2D eigenvalue weighted by atomic mass is 32.2. The van der Waals surface area contributed by atoms with Crippen molar-refractivity contribution in [1.82, 2.24) is 10.2 Å². The number of hydrogen-bond acceptors (Lipinski definition) is 4. The molecule has 1 aliphatic rings. The Morgan fingerprint density at radius 2 is 2.19 bits per heavy atom. The van der Waals surface area contributed by atoms with E-state index >= 15 is 0 Å². The minimum absolute atomic E-state index is 0.0156. The summed E-state index contributed by atoms with van der Waals surface area (Å²) in [7, 11) is 1.65. The number of nitrogens with one attached hydrogen (secondary N) is 2. The number of amides is 1. The molecule has 110 valence electrons. The lowest BCUT2D eigenvalue weighted by Crippen LogP contribution is -2.21. The van der Waals surface area contributed by atoms with Gasteiger partial charge in [-0.3, -0.25) is 9.89 Å². The number of rotatable bonds is 2. The summed E-state index contributed by atoms with van der Waals surface area (Å²) in [5.74, 6) is 1.42. The van der Waals surface area contributed by atoms with Gasteiger partial charge >= 0.3 is 0 Å². The first-order chi connectivity index (χ1) is 10.1. The van der Waals surface area contributed by atoms with Crippen LogP contribution in [0.4, 0.5) is 5.82 Å². The van der Waals surface area contributed by atoms with E-state index in [1.54, 1.807) is 18.9 Å². The van der Waals surface area contributed by atoms with Crippen molar-refractivity contribution < 1.29 is 9.53 Å². The summed E-state index contributed by atoms with van der Waals surface area (Å²) in [6.45, 7) is 3.89. The molecule has 1 aromatic carbocycles. The number of carbonyl (C=O) groups excluding carboxylic acids is 1. The van der Waals surface area contributed by atoms with E-state index < -0.39 is 0 Å². The average molecular weight is 303 g/mol. The third-order valence-electron chi connectivity index (χ3n) is 3.60. The van der Waals surface area contributed by atoms with E-state index in [9.17, 15) is 4.79 Å². The molecule has 0 spiro atoms. The summed E-state index contributed by atoms with van der Waals surface area (Å²) in [5.41, 5.74) is 3.11. The van der Waals surface area contributed by atoms with Gasteiger partial charge in [0.25, 0.3) is 0 Å². The second-order valence-corrected chi connectivity index (χ2v) is 6.49. The van der Waals surface area contributed by atoms with Gasteiger partial charge in [-0.05, 0) is 31.5 Å². The zero-order chi connectivity index (χ0) is 15.0. The van der Waals surface area contributed by atoms with Crippen LogP contribution in [0, 0.1) is 6.92 Å². The number of aromatic nitrogens is 2. The van der Waals surface area contributed by atoms with Crippen molar-refractivity contribution in [3.8, 4) is 5.75 Å². The highest BCUT2D eigenvalue weighted by molar-refractivity contribution is 8.01. The minimum atomic E-state index is -0.144. The largest absolute Gasteiger partial charge is 0.497 e. The van der Waals surface area contributed by atoms with Crippen molar-refractivity contribution in [1.29, 1.82) is 0 Å². The summed E-state index contributed by atoms with van der Waals surface area (Å²) in [6.07, 6.45) is 0. The molecule has 2 heterocycles. The van der Waals surface area contributed by atoms with Gasteiger partial charge in [0.15, 0.2) is 5.82 Å². The summed E-state index contributed by atoms with van der Waals surface area (Å²) < 4.78 is 5.31. The van der Waals surface area contributed by atoms with E-state index in [1.165, 1.54) is 0 Å². The standard InChI is InChI=1S/C15H17N3O2S/c1-8-12-13(10-5-4-6-11(7-10)20-3)21-9(2)15(19)16-14(12)18-17-8/h4-7,9,13H,1-3H3,(H2,16,17,18,19)/t9-,13+/m1/s1. The molecule has 0 aliphatic carbocycles. The average Bonchev–Trinajstić information content (AvgIpc) is 2.78. The third-order valence-corrected chi connectivity index (χ3v) is 5.01. The predicted molar refractivity (Wildman–Crippen MR) is 83.8 cm³/mol. The van der Waals surface area contributed by atoms with Gasteiger partial charge < -0.3 is 10.1 Å². The number of fused-ring (bicyclic) bond motifs is 1. The van der Waals surface area contributed by atoms with Crippen molar-refractivity contribution in [2.24, 2.45) is 0 Å². The molecule has 2 N–H and O–H groups in total. The van der Waals surface area contributed by atoms with Gasteiger partial charge in [-0.15, -0.1) is 11.8 Å². The smallest absolute Gasteiger partial charge is 0.238 e. The SMILES string of the molecule is COc1cccc([C@@H]2S[C@H](C)C(=O)Nc3n[nH]c(C)c32)c1. The van der Waals surface area contributed by atoms with Crippen LogP contribution < -0.4 is 10.1 Å². The fraction of sp³-hybridized carbons (Fsp3) is 0.333. The van der Waals surface area contributed by atoms with Gasteiger partial charge in [-0.25, -0.2) is 0 Å². The third kappa shape index (κ3) is 2.51. The van der Waals surface area contributed by atoms with E-state index in [4.69, 9.17) is 4.74 Å². The number of H-pyrrole nitrogens is 1. The quantitative estimate of drug-likeness (QED) is 0.895. The van der Waals surface area contributed by atoms with Crippen molar-refractivity contribution in [3.05, 3.63) is 41.1 Å². The van der Waals surface area contributed by atoms with E-state index in [0.717, 1.165) is 22.6 Å². The van der Waals surface area contributed by atoms with Crippen molar-refractivity contribution in [2.75, 3.05) is 12.4 Å². The van der Waals surface area contributed by atoms with Gasteiger partial charge in [0.05, 0.1) is 17.6 Å². The Bertz CT molecular complexity index is 683. The Labute approximate surface area is 127 Å². The summed E-state index contributed by atoms with van der Waals surface area (Å²) in [6, 6.07) is 7.95. The molecule has 6 heteroatoms. The predicted octanol–water partition coefficient (Wildman–Crippen LogP) is 2.89. The maximum atomic E-state index is 12.1. The fourth-order valence-electron chi connectivity index (χ4n) is 2.46. The van der Waals surface area contributed by atoms with Crippen LogP contribution in [0.3, 0.4) is 0 Å². The van der Waals surface area contributed by atoms with Gasteiger partial charge in [-0.2, -0.15) is 5.10 Å². The fourth-order valence-corrected chi connectivity index (χ4v) is 3.78. The Balaban J connectivity index is 2.11. The molecule has 0 saturated heterocycles. The van der Waals surface area contributed by atoms with Crippen LogP contribution in [0.2, 0.25) is 0 Å². The first-order valence-electron chi connectivity index (χ1n) is 6.75.